The van der Waals surface area contributed by atoms with E-state index in [4.69, 9.17) is 4.74 Å². The van der Waals surface area contributed by atoms with Crippen LogP contribution in [0.3, 0.4) is 0 Å². The van der Waals surface area contributed by atoms with Crippen LogP contribution in [-0.4, -0.2) is 11.1 Å². The zero-order valence-corrected chi connectivity index (χ0v) is 11.3. The molecule has 0 saturated carbocycles. The number of halogens is 2. The number of hydrogen-bond donors (Lipinski definition) is 1. The fourth-order valence-electron chi connectivity index (χ4n) is 1.55. The molecule has 2 aromatic rings. The molecule has 0 fully saturated rings. The normalized spacial score (nSPS) is 11.9. The molecule has 0 bridgehead atoms. The molecule has 1 unspecified atom stereocenters. The first-order chi connectivity index (χ1) is 9.06. The summed E-state index contributed by atoms with van der Waals surface area (Å²) in [6, 6.07) is 12.0. The maximum atomic E-state index is 12.8. The van der Waals surface area contributed by atoms with Crippen molar-refractivity contribution in [2.24, 2.45) is 0 Å². The largest absolute Gasteiger partial charge is 0.478 e. The molecular formula is C14H10BrFO3. The summed E-state index contributed by atoms with van der Waals surface area (Å²) < 4.78 is 19.0. The van der Waals surface area contributed by atoms with E-state index in [0.29, 0.717) is 11.3 Å². The third kappa shape index (κ3) is 3.54. The quantitative estimate of drug-likeness (QED) is 0.930. The van der Waals surface area contributed by atoms with Crippen molar-refractivity contribution in [1.29, 1.82) is 0 Å². The van der Waals surface area contributed by atoms with Gasteiger partial charge in [0.1, 0.15) is 11.6 Å². The van der Waals surface area contributed by atoms with Gasteiger partial charge in [0.15, 0.2) is 0 Å². The summed E-state index contributed by atoms with van der Waals surface area (Å²) in [5.41, 5.74) is 0.514. The average molecular weight is 325 g/mol. The van der Waals surface area contributed by atoms with E-state index < -0.39 is 17.9 Å². The summed E-state index contributed by atoms with van der Waals surface area (Å²) in [5.74, 6) is -1.20. The van der Waals surface area contributed by atoms with Crippen LogP contribution in [0.25, 0.3) is 0 Å². The molecule has 0 spiro atoms. The predicted molar refractivity (Wildman–Crippen MR) is 71.5 cm³/mol. The monoisotopic (exact) mass is 324 g/mol. The minimum absolute atomic E-state index is 0.303. The van der Waals surface area contributed by atoms with Crippen LogP contribution in [0, 0.1) is 5.82 Å². The van der Waals surface area contributed by atoms with Crippen LogP contribution < -0.4 is 4.74 Å². The molecule has 0 heterocycles. The first kappa shape index (κ1) is 13.5. The Morgan fingerprint density at radius 3 is 2.21 bits per heavy atom. The van der Waals surface area contributed by atoms with Crippen LogP contribution in [-0.2, 0) is 4.79 Å². The van der Waals surface area contributed by atoms with Crippen molar-refractivity contribution in [3.8, 4) is 5.75 Å². The fraction of sp³-hybridized carbons (Fsp3) is 0.0714. The van der Waals surface area contributed by atoms with E-state index >= 15 is 0 Å². The van der Waals surface area contributed by atoms with E-state index in [1.807, 2.05) is 0 Å². The Hall–Kier alpha value is -1.88. The number of aliphatic carboxylic acids is 1. The van der Waals surface area contributed by atoms with E-state index in [9.17, 15) is 14.3 Å². The third-order valence-electron chi connectivity index (χ3n) is 2.46. The van der Waals surface area contributed by atoms with Gasteiger partial charge in [0, 0.05) is 10.0 Å². The van der Waals surface area contributed by atoms with Gasteiger partial charge in [0.2, 0.25) is 6.10 Å². The summed E-state index contributed by atoms with van der Waals surface area (Å²) in [7, 11) is 0. The molecule has 0 radical (unpaired) electrons. The van der Waals surface area contributed by atoms with E-state index in [2.05, 4.69) is 15.9 Å². The van der Waals surface area contributed by atoms with E-state index in [0.717, 1.165) is 4.47 Å². The number of carboxylic acid groups (broad SMARTS) is 1. The van der Waals surface area contributed by atoms with Gasteiger partial charge in [-0.05, 0) is 36.4 Å². The Morgan fingerprint density at radius 2 is 1.68 bits per heavy atom. The molecule has 5 heteroatoms. The number of benzene rings is 2. The van der Waals surface area contributed by atoms with Crippen LogP contribution in [0.15, 0.2) is 53.0 Å². The highest BCUT2D eigenvalue weighted by molar-refractivity contribution is 9.10. The third-order valence-corrected chi connectivity index (χ3v) is 2.99. The minimum Gasteiger partial charge on any atom is -0.478 e. The highest BCUT2D eigenvalue weighted by Crippen LogP contribution is 2.24. The molecule has 2 rings (SSSR count). The lowest BCUT2D eigenvalue weighted by Gasteiger charge is -2.15. The summed E-state index contributed by atoms with van der Waals surface area (Å²) >= 11 is 3.28. The maximum absolute atomic E-state index is 12.8. The van der Waals surface area contributed by atoms with Crippen molar-refractivity contribution in [2.45, 2.75) is 6.10 Å². The first-order valence-electron chi connectivity index (χ1n) is 5.47. The van der Waals surface area contributed by atoms with Crippen molar-refractivity contribution in [2.75, 3.05) is 0 Å². The summed E-state index contributed by atoms with van der Waals surface area (Å²) in [4.78, 5) is 11.2. The molecular weight excluding hydrogens is 315 g/mol. The second-order valence-electron chi connectivity index (χ2n) is 3.84. The Morgan fingerprint density at radius 1 is 1.11 bits per heavy atom. The zero-order chi connectivity index (χ0) is 13.8. The Kier molecular flexibility index (Phi) is 4.16. The van der Waals surface area contributed by atoms with Gasteiger partial charge in [0.05, 0.1) is 0 Å². The number of carbonyl (C=O) groups is 1. The van der Waals surface area contributed by atoms with Crippen molar-refractivity contribution in [3.05, 3.63) is 64.4 Å². The average Bonchev–Trinajstić information content (AvgIpc) is 2.39. The molecule has 2 aromatic carbocycles. The van der Waals surface area contributed by atoms with Crippen LogP contribution in [0.4, 0.5) is 4.39 Å². The lowest BCUT2D eigenvalue weighted by atomic mass is 10.1. The van der Waals surface area contributed by atoms with Crippen molar-refractivity contribution >= 4 is 21.9 Å². The standard InChI is InChI=1S/C14H10BrFO3/c15-10-3-1-9(2-4-10)13(14(17)18)19-12-7-5-11(16)6-8-12/h1-8,13H,(H,17,18). The van der Waals surface area contributed by atoms with E-state index in [1.54, 1.807) is 24.3 Å². The number of ether oxygens (including phenoxy) is 1. The van der Waals surface area contributed by atoms with E-state index in [1.165, 1.54) is 24.3 Å². The number of rotatable bonds is 4. The highest BCUT2D eigenvalue weighted by atomic mass is 79.9. The second kappa shape index (κ2) is 5.84. The van der Waals surface area contributed by atoms with Crippen LogP contribution in [0.2, 0.25) is 0 Å². The fourth-order valence-corrected chi connectivity index (χ4v) is 1.81. The molecule has 0 aliphatic carbocycles. The van der Waals surface area contributed by atoms with Crippen molar-refractivity contribution in [1.82, 2.24) is 0 Å². The van der Waals surface area contributed by atoms with Gasteiger partial charge in [-0.1, -0.05) is 28.1 Å². The lowest BCUT2D eigenvalue weighted by molar-refractivity contribution is -0.145. The number of hydrogen-bond acceptors (Lipinski definition) is 2. The maximum Gasteiger partial charge on any atom is 0.349 e. The van der Waals surface area contributed by atoms with Gasteiger partial charge in [-0.3, -0.25) is 0 Å². The number of carboxylic acids is 1. The van der Waals surface area contributed by atoms with Crippen molar-refractivity contribution < 1.29 is 19.0 Å². The van der Waals surface area contributed by atoms with Gasteiger partial charge < -0.3 is 9.84 Å². The van der Waals surface area contributed by atoms with Gasteiger partial charge in [-0.2, -0.15) is 0 Å². The Labute approximate surface area is 117 Å². The predicted octanol–water partition coefficient (Wildman–Crippen LogP) is 3.79. The minimum atomic E-state index is -1.13. The SMILES string of the molecule is O=C(O)C(Oc1ccc(F)cc1)c1ccc(Br)cc1. The Balaban J connectivity index is 2.23. The molecule has 0 amide bonds. The highest BCUT2D eigenvalue weighted by Gasteiger charge is 2.21. The van der Waals surface area contributed by atoms with Gasteiger partial charge in [-0.15, -0.1) is 0 Å². The molecule has 19 heavy (non-hydrogen) atoms. The van der Waals surface area contributed by atoms with E-state index in [-0.39, 0.29) is 0 Å². The van der Waals surface area contributed by atoms with Gasteiger partial charge >= 0.3 is 5.97 Å². The molecule has 0 aromatic heterocycles. The molecule has 1 N–H and O–H groups in total. The smallest absolute Gasteiger partial charge is 0.349 e. The zero-order valence-electron chi connectivity index (χ0n) is 9.72. The van der Waals surface area contributed by atoms with Crippen molar-refractivity contribution in [3.63, 3.8) is 0 Å². The molecule has 0 aliphatic rings. The van der Waals surface area contributed by atoms with Gasteiger partial charge in [0.25, 0.3) is 0 Å². The van der Waals surface area contributed by atoms with Crippen LogP contribution in [0.1, 0.15) is 11.7 Å². The molecule has 3 nitrogen and oxygen atoms in total. The molecule has 0 saturated heterocycles. The summed E-state index contributed by atoms with van der Waals surface area (Å²) in [6.45, 7) is 0. The van der Waals surface area contributed by atoms with Crippen LogP contribution >= 0.6 is 15.9 Å². The second-order valence-corrected chi connectivity index (χ2v) is 4.76. The topological polar surface area (TPSA) is 46.5 Å². The summed E-state index contributed by atoms with van der Waals surface area (Å²) in [6.07, 6.45) is -1.13. The van der Waals surface area contributed by atoms with Crippen LogP contribution in [0.5, 0.6) is 5.75 Å². The Bertz CT molecular complexity index is 566. The molecule has 98 valence electrons. The first-order valence-corrected chi connectivity index (χ1v) is 6.26. The summed E-state index contributed by atoms with van der Waals surface area (Å²) in [5, 5.41) is 9.20. The molecule has 1 atom stereocenters. The van der Waals surface area contributed by atoms with Gasteiger partial charge in [-0.25, -0.2) is 9.18 Å². The molecule has 0 aliphatic heterocycles. The lowest BCUT2D eigenvalue weighted by Crippen LogP contribution is -2.18.